The molecular weight excluding hydrogens is 397 g/mol. The number of carboxylic acid groups (broad SMARTS) is 1. The molecule has 2 fully saturated rings. The van der Waals surface area contributed by atoms with Crippen LogP contribution in [0.5, 0.6) is 11.5 Å². The predicted molar refractivity (Wildman–Crippen MR) is 115 cm³/mol. The van der Waals surface area contributed by atoms with E-state index in [4.69, 9.17) is 9.47 Å². The van der Waals surface area contributed by atoms with Crippen LogP contribution in [0.25, 0.3) is 5.57 Å². The van der Waals surface area contributed by atoms with Gasteiger partial charge in [0.15, 0.2) is 0 Å². The van der Waals surface area contributed by atoms with Crippen molar-refractivity contribution in [2.45, 2.75) is 32.3 Å². The second kappa shape index (κ2) is 7.68. The molecule has 5 rings (SSSR count). The van der Waals surface area contributed by atoms with Crippen molar-refractivity contribution in [1.29, 1.82) is 0 Å². The smallest absolute Gasteiger partial charge is 0.310 e. The van der Waals surface area contributed by atoms with Gasteiger partial charge in [0.2, 0.25) is 0 Å². The van der Waals surface area contributed by atoms with Crippen molar-refractivity contribution in [2.75, 3.05) is 26.7 Å². The Kier molecular flexibility index (Phi) is 4.97. The quantitative estimate of drug-likeness (QED) is 0.785. The molecule has 0 spiro atoms. The topological polar surface area (TPSA) is 59.0 Å². The first kappa shape index (κ1) is 20.1. The van der Waals surface area contributed by atoms with Crippen LogP contribution in [0.3, 0.4) is 0 Å². The number of hydrogen-bond donors (Lipinski definition) is 1. The average Bonchev–Trinajstić information content (AvgIpc) is 3.57. The molecule has 1 N–H and O–H groups in total. The molecular formula is C25H26FNO4. The summed E-state index contributed by atoms with van der Waals surface area (Å²) in [6.07, 6.45) is 3.26. The minimum Gasteiger partial charge on any atom is -0.497 e. The number of likely N-dealkylation sites (tertiary alicyclic amines) is 1. The zero-order chi connectivity index (χ0) is 21.6. The van der Waals surface area contributed by atoms with Crippen molar-refractivity contribution in [1.82, 2.24) is 4.90 Å². The summed E-state index contributed by atoms with van der Waals surface area (Å²) in [6.45, 7) is 2.59. The molecule has 1 saturated heterocycles. The van der Waals surface area contributed by atoms with Crippen molar-refractivity contribution in [3.05, 3.63) is 64.5 Å². The Bertz CT molecular complexity index is 1060. The first-order valence-corrected chi connectivity index (χ1v) is 10.8. The number of halogens is 1. The van der Waals surface area contributed by atoms with Crippen molar-refractivity contribution in [2.24, 2.45) is 5.41 Å². The molecule has 6 heteroatoms. The molecule has 2 heterocycles. The first-order valence-electron chi connectivity index (χ1n) is 10.8. The standard InChI is InChI=1S/C25H26FNO4/c1-30-19-3-5-21-22(13-19)31-14-17-12-18(26)2-4-20(17)23(21)16-6-10-27(11-7-16)15-25(8-9-25)24(28)29/h2-5,12-13H,6-11,14-15H2,1H3,(H,28,29). The number of aliphatic carboxylic acids is 1. The Morgan fingerprint density at radius 3 is 2.58 bits per heavy atom. The number of ether oxygens (including phenoxy) is 2. The van der Waals surface area contributed by atoms with Crippen LogP contribution in [-0.2, 0) is 11.4 Å². The van der Waals surface area contributed by atoms with E-state index in [-0.39, 0.29) is 5.82 Å². The number of hydrogen-bond acceptors (Lipinski definition) is 4. The molecule has 0 unspecified atom stereocenters. The highest BCUT2D eigenvalue weighted by molar-refractivity contribution is 5.87. The molecule has 162 valence electrons. The number of carboxylic acids is 1. The van der Waals surface area contributed by atoms with Gasteiger partial charge >= 0.3 is 5.97 Å². The maximum absolute atomic E-state index is 14.0. The Morgan fingerprint density at radius 1 is 1.16 bits per heavy atom. The van der Waals surface area contributed by atoms with Crippen LogP contribution in [0.2, 0.25) is 0 Å². The zero-order valence-electron chi connectivity index (χ0n) is 17.6. The summed E-state index contributed by atoms with van der Waals surface area (Å²) >= 11 is 0. The van der Waals surface area contributed by atoms with Gasteiger partial charge in [-0.15, -0.1) is 0 Å². The van der Waals surface area contributed by atoms with Crippen LogP contribution in [0, 0.1) is 11.2 Å². The molecule has 0 radical (unpaired) electrons. The highest BCUT2D eigenvalue weighted by Crippen LogP contribution is 2.47. The van der Waals surface area contributed by atoms with Gasteiger partial charge in [0.05, 0.1) is 12.5 Å². The summed E-state index contributed by atoms with van der Waals surface area (Å²) in [6, 6.07) is 10.7. The van der Waals surface area contributed by atoms with Crippen LogP contribution in [0.4, 0.5) is 4.39 Å². The molecule has 1 aliphatic carbocycles. The van der Waals surface area contributed by atoms with E-state index in [1.165, 1.54) is 11.6 Å². The SMILES string of the molecule is COc1ccc2c(c1)OCc1cc(F)ccc1C2=C1CCN(CC2(C(=O)O)CC2)CC1. The van der Waals surface area contributed by atoms with E-state index in [1.807, 2.05) is 24.3 Å². The fourth-order valence-corrected chi connectivity index (χ4v) is 4.81. The lowest BCUT2D eigenvalue weighted by molar-refractivity contribution is -0.144. The van der Waals surface area contributed by atoms with Crippen LogP contribution >= 0.6 is 0 Å². The summed E-state index contributed by atoms with van der Waals surface area (Å²) in [5, 5.41) is 9.51. The molecule has 5 nitrogen and oxygen atoms in total. The van der Waals surface area contributed by atoms with Crippen LogP contribution in [0.15, 0.2) is 42.0 Å². The lowest BCUT2D eigenvalue weighted by Crippen LogP contribution is -2.38. The van der Waals surface area contributed by atoms with Gasteiger partial charge in [-0.3, -0.25) is 4.79 Å². The van der Waals surface area contributed by atoms with Gasteiger partial charge < -0.3 is 19.5 Å². The summed E-state index contributed by atoms with van der Waals surface area (Å²) in [4.78, 5) is 13.8. The van der Waals surface area contributed by atoms with Gasteiger partial charge in [-0.2, -0.15) is 0 Å². The lowest BCUT2D eigenvalue weighted by atomic mass is 9.86. The third-order valence-electron chi connectivity index (χ3n) is 6.82. The highest BCUT2D eigenvalue weighted by Gasteiger charge is 2.51. The zero-order valence-corrected chi connectivity index (χ0v) is 17.6. The Balaban J connectivity index is 1.50. The Morgan fingerprint density at radius 2 is 1.90 bits per heavy atom. The number of benzene rings is 2. The second-order valence-electron chi connectivity index (χ2n) is 8.79. The van der Waals surface area contributed by atoms with Crippen LogP contribution in [0.1, 0.15) is 42.4 Å². The van der Waals surface area contributed by atoms with E-state index >= 15 is 0 Å². The van der Waals surface area contributed by atoms with E-state index in [9.17, 15) is 14.3 Å². The molecule has 1 saturated carbocycles. The van der Waals surface area contributed by atoms with Gasteiger partial charge in [-0.05, 0) is 61.1 Å². The predicted octanol–water partition coefficient (Wildman–Crippen LogP) is 4.49. The minimum atomic E-state index is -0.670. The molecule has 0 amide bonds. The van der Waals surface area contributed by atoms with Gasteiger partial charge in [-0.1, -0.05) is 11.6 Å². The van der Waals surface area contributed by atoms with E-state index in [0.717, 1.165) is 72.5 Å². The summed E-state index contributed by atoms with van der Waals surface area (Å²) < 4.78 is 25.4. The monoisotopic (exact) mass is 423 g/mol. The number of piperidine rings is 1. The van der Waals surface area contributed by atoms with Gasteiger partial charge in [0, 0.05) is 36.8 Å². The summed E-state index contributed by atoms with van der Waals surface area (Å²) in [5.74, 6) is 0.520. The van der Waals surface area contributed by atoms with Crippen molar-refractivity contribution >= 4 is 11.5 Å². The Hall–Kier alpha value is -2.86. The third kappa shape index (κ3) is 3.69. The molecule has 0 bridgehead atoms. The van der Waals surface area contributed by atoms with Gasteiger partial charge in [0.25, 0.3) is 0 Å². The number of carbonyl (C=O) groups is 1. The van der Waals surface area contributed by atoms with Crippen molar-refractivity contribution in [3.63, 3.8) is 0 Å². The minimum absolute atomic E-state index is 0.270. The second-order valence-corrected chi connectivity index (χ2v) is 8.79. The van der Waals surface area contributed by atoms with Gasteiger partial charge in [0.1, 0.15) is 23.9 Å². The number of methoxy groups -OCH3 is 1. The van der Waals surface area contributed by atoms with E-state index in [1.54, 1.807) is 13.2 Å². The Labute approximate surface area is 181 Å². The summed E-state index contributed by atoms with van der Waals surface area (Å²) in [5.41, 5.74) is 4.73. The van der Waals surface area contributed by atoms with Crippen molar-refractivity contribution < 1.29 is 23.8 Å². The normalized spacial score (nSPS) is 19.7. The molecule has 0 aromatic heterocycles. The molecule has 31 heavy (non-hydrogen) atoms. The fourth-order valence-electron chi connectivity index (χ4n) is 4.81. The van der Waals surface area contributed by atoms with E-state index in [0.29, 0.717) is 13.2 Å². The fraction of sp³-hybridized carbons (Fsp3) is 0.400. The van der Waals surface area contributed by atoms with E-state index < -0.39 is 11.4 Å². The molecule has 0 atom stereocenters. The molecule has 2 aromatic carbocycles. The van der Waals surface area contributed by atoms with Gasteiger partial charge in [-0.25, -0.2) is 4.39 Å². The van der Waals surface area contributed by atoms with Crippen LogP contribution in [-0.4, -0.2) is 42.7 Å². The summed E-state index contributed by atoms with van der Waals surface area (Å²) in [7, 11) is 1.63. The maximum atomic E-state index is 14.0. The van der Waals surface area contributed by atoms with Crippen LogP contribution < -0.4 is 9.47 Å². The highest BCUT2D eigenvalue weighted by atomic mass is 19.1. The molecule has 2 aromatic rings. The molecule has 3 aliphatic rings. The largest absolute Gasteiger partial charge is 0.497 e. The van der Waals surface area contributed by atoms with Crippen molar-refractivity contribution in [3.8, 4) is 11.5 Å². The molecule has 2 aliphatic heterocycles. The third-order valence-corrected chi connectivity index (χ3v) is 6.82. The first-order chi connectivity index (χ1) is 15.0. The number of nitrogens with zero attached hydrogens (tertiary/aromatic N) is 1. The number of rotatable bonds is 4. The van der Waals surface area contributed by atoms with E-state index in [2.05, 4.69) is 4.90 Å². The lowest BCUT2D eigenvalue weighted by Gasteiger charge is -2.32. The average molecular weight is 423 g/mol. The maximum Gasteiger partial charge on any atom is 0.310 e. The number of fused-ring (bicyclic) bond motifs is 2.